The highest BCUT2D eigenvalue weighted by molar-refractivity contribution is 9.09. The number of hydrogen-bond acceptors (Lipinski definition) is 2. The fourth-order valence-electron chi connectivity index (χ4n) is 2.95. The average Bonchev–Trinajstić information content (AvgIpc) is 2.45. The van der Waals surface area contributed by atoms with Gasteiger partial charge in [-0.3, -0.25) is 0 Å². The molecule has 3 nitrogen and oxygen atoms in total. The van der Waals surface area contributed by atoms with Crippen LogP contribution >= 0.6 is 27.5 Å². The maximum absolute atomic E-state index is 13.0. The number of benzene rings is 1. The van der Waals surface area contributed by atoms with Gasteiger partial charge < -0.3 is 0 Å². The third-order valence-corrected chi connectivity index (χ3v) is 7.12. The summed E-state index contributed by atoms with van der Waals surface area (Å²) in [6, 6.07) is 5.33. The van der Waals surface area contributed by atoms with E-state index < -0.39 is 10.0 Å². The van der Waals surface area contributed by atoms with E-state index in [0.717, 1.165) is 37.4 Å². The monoisotopic (exact) mass is 393 g/mol. The van der Waals surface area contributed by atoms with Gasteiger partial charge in [0.15, 0.2) is 0 Å². The van der Waals surface area contributed by atoms with Gasteiger partial charge in [0.2, 0.25) is 10.0 Å². The largest absolute Gasteiger partial charge is 0.245 e. The molecule has 1 unspecified atom stereocenters. The van der Waals surface area contributed by atoms with Gasteiger partial charge in [-0.25, -0.2) is 8.42 Å². The zero-order valence-electron chi connectivity index (χ0n) is 12.2. The number of piperidine rings is 1. The number of nitrogens with zero attached hydrogens (tertiary/aromatic N) is 1. The zero-order chi connectivity index (χ0) is 15.5. The minimum Gasteiger partial charge on any atom is -0.207 e. The number of halogens is 2. The summed E-state index contributed by atoms with van der Waals surface area (Å²) in [4.78, 5) is 0.275. The van der Waals surface area contributed by atoms with E-state index in [2.05, 4.69) is 15.9 Å². The summed E-state index contributed by atoms with van der Waals surface area (Å²) in [5, 5.41) is 1.22. The minimum absolute atomic E-state index is 0.0944. The second kappa shape index (κ2) is 7.44. The van der Waals surface area contributed by atoms with Gasteiger partial charge in [0.1, 0.15) is 4.90 Å². The van der Waals surface area contributed by atoms with Crippen molar-refractivity contribution in [3.8, 4) is 0 Å². The topological polar surface area (TPSA) is 37.4 Å². The fourth-order valence-corrected chi connectivity index (χ4v) is 5.79. The number of rotatable bonds is 5. The number of sulfonamides is 1. The maximum atomic E-state index is 13.0. The lowest BCUT2D eigenvalue weighted by molar-refractivity contribution is 0.240. The first-order valence-electron chi connectivity index (χ1n) is 7.31. The second-order valence-electron chi connectivity index (χ2n) is 5.48. The average molecular weight is 395 g/mol. The predicted molar refractivity (Wildman–Crippen MR) is 90.7 cm³/mol. The van der Waals surface area contributed by atoms with Gasteiger partial charge >= 0.3 is 0 Å². The lowest BCUT2D eigenvalue weighted by Crippen LogP contribution is -2.43. The third-order valence-electron chi connectivity index (χ3n) is 3.97. The summed E-state index contributed by atoms with van der Waals surface area (Å²) in [5.41, 5.74) is 0.715. The molecule has 1 aliphatic rings. The fraction of sp³-hybridized carbons (Fsp3) is 0.600. The summed E-state index contributed by atoms with van der Waals surface area (Å²) >= 11 is 9.60. The van der Waals surface area contributed by atoms with E-state index in [1.807, 2.05) is 0 Å². The van der Waals surface area contributed by atoms with Crippen LogP contribution in [0.4, 0.5) is 0 Å². The second-order valence-corrected chi connectivity index (χ2v) is 8.51. The van der Waals surface area contributed by atoms with Crippen molar-refractivity contribution < 1.29 is 8.42 Å². The van der Waals surface area contributed by atoms with Crippen LogP contribution in [0.2, 0.25) is 5.02 Å². The van der Waals surface area contributed by atoms with Gasteiger partial charge in [0.25, 0.3) is 0 Å². The summed E-state index contributed by atoms with van der Waals surface area (Å²) in [6.45, 7) is 2.40. The molecule has 118 valence electrons. The van der Waals surface area contributed by atoms with Crippen molar-refractivity contribution in [1.82, 2.24) is 4.31 Å². The smallest absolute Gasteiger partial charge is 0.207 e. The van der Waals surface area contributed by atoms with Crippen molar-refractivity contribution in [3.63, 3.8) is 0 Å². The van der Waals surface area contributed by atoms with Gasteiger partial charge in [0, 0.05) is 17.9 Å². The maximum Gasteiger partial charge on any atom is 0.245 e. The van der Waals surface area contributed by atoms with Crippen LogP contribution in [-0.4, -0.2) is 30.6 Å². The van der Waals surface area contributed by atoms with Gasteiger partial charge in [-0.2, -0.15) is 4.31 Å². The van der Waals surface area contributed by atoms with Crippen molar-refractivity contribution in [3.05, 3.63) is 28.8 Å². The molecular weight excluding hydrogens is 374 g/mol. The molecule has 1 atom stereocenters. The Hall–Kier alpha value is -0.100. The molecule has 1 heterocycles. The SMILES string of the molecule is Cc1cccc(Cl)c1S(=O)(=O)N1CCCCC1CCCBr. The minimum atomic E-state index is -3.52. The van der Waals surface area contributed by atoms with E-state index in [-0.39, 0.29) is 10.9 Å². The van der Waals surface area contributed by atoms with Crippen molar-refractivity contribution in [2.45, 2.75) is 50.0 Å². The summed E-state index contributed by atoms with van der Waals surface area (Å²) in [6.07, 6.45) is 4.84. The van der Waals surface area contributed by atoms with Crippen LogP contribution in [0.15, 0.2) is 23.1 Å². The summed E-state index contributed by atoms with van der Waals surface area (Å²) in [7, 11) is -3.52. The van der Waals surface area contributed by atoms with E-state index in [9.17, 15) is 8.42 Å². The molecule has 1 aliphatic heterocycles. The molecular formula is C15H21BrClNO2S. The van der Waals surface area contributed by atoms with Gasteiger partial charge in [0.05, 0.1) is 5.02 Å². The molecule has 21 heavy (non-hydrogen) atoms. The Bertz CT molecular complexity index is 571. The van der Waals surface area contributed by atoms with E-state index in [0.29, 0.717) is 17.1 Å². The lowest BCUT2D eigenvalue weighted by Gasteiger charge is -2.35. The number of hydrogen-bond donors (Lipinski definition) is 0. The van der Waals surface area contributed by atoms with Crippen molar-refractivity contribution in [2.24, 2.45) is 0 Å². The lowest BCUT2D eigenvalue weighted by atomic mass is 10.0. The summed E-state index contributed by atoms with van der Waals surface area (Å²) in [5.74, 6) is 0. The van der Waals surface area contributed by atoms with E-state index >= 15 is 0 Å². The van der Waals surface area contributed by atoms with Crippen LogP contribution < -0.4 is 0 Å². The van der Waals surface area contributed by atoms with Crippen molar-refractivity contribution >= 4 is 37.6 Å². The molecule has 1 aromatic rings. The quantitative estimate of drug-likeness (QED) is 0.696. The first-order valence-corrected chi connectivity index (χ1v) is 10.3. The van der Waals surface area contributed by atoms with Gasteiger partial charge in [-0.05, 0) is 44.2 Å². The molecule has 0 radical (unpaired) electrons. The zero-order valence-corrected chi connectivity index (χ0v) is 15.3. The molecule has 0 spiro atoms. The van der Waals surface area contributed by atoms with Crippen molar-refractivity contribution in [1.29, 1.82) is 0 Å². The molecule has 6 heteroatoms. The highest BCUT2D eigenvalue weighted by Gasteiger charge is 2.35. The highest BCUT2D eigenvalue weighted by atomic mass is 79.9. The Morgan fingerprint density at radius 1 is 1.38 bits per heavy atom. The van der Waals surface area contributed by atoms with Crippen LogP contribution in [0, 0.1) is 6.92 Å². The van der Waals surface area contributed by atoms with Crippen molar-refractivity contribution in [2.75, 3.05) is 11.9 Å². The molecule has 0 saturated carbocycles. The predicted octanol–water partition coefficient (Wildman–Crippen LogP) is 4.37. The molecule has 0 N–H and O–H groups in total. The van der Waals surface area contributed by atoms with E-state index in [1.165, 1.54) is 0 Å². The molecule has 0 aliphatic carbocycles. The number of alkyl halides is 1. The number of aryl methyl sites for hydroxylation is 1. The Balaban J connectivity index is 2.36. The Morgan fingerprint density at radius 3 is 2.81 bits per heavy atom. The Labute approximate surface area is 140 Å². The first kappa shape index (κ1) is 17.3. The van der Waals surface area contributed by atoms with E-state index in [1.54, 1.807) is 29.4 Å². The normalized spacial score (nSPS) is 20.6. The summed E-state index contributed by atoms with van der Waals surface area (Å²) < 4.78 is 27.7. The first-order chi connectivity index (χ1) is 9.98. The molecule has 1 aromatic carbocycles. The third kappa shape index (κ3) is 3.81. The molecule has 0 aromatic heterocycles. The molecule has 1 saturated heterocycles. The van der Waals surface area contributed by atoms with Gasteiger partial charge in [-0.1, -0.05) is 46.1 Å². The molecule has 1 fully saturated rings. The van der Waals surface area contributed by atoms with Crippen LogP contribution in [0.25, 0.3) is 0 Å². The van der Waals surface area contributed by atoms with E-state index in [4.69, 9.17) is 11.6 Å². The van der Waals surface area contributed by atoms with Crippen LogP contribution in [0.5, 0.6) is 0 Å². The van der Waals surface area contributed by atoms with Gasteiger partial charge in [-0.15, -0.1) is 0 Å². The standard InChI is InChI=1S/C15H21BrClNO2S/c1-12-6-4-9-14(17)15(12)21(19,20)18-11-3-2-7-13(18)8-5-10-16/h4,6,9,13H,2-3,5,7-8,10-11H2,1H3. The molecule has 0 bridgehead atoms. The Morgan fingerprint density at radius 2 is 2.14 bits per heavy atom. The molecule has 0 amide bonds. The van der Waals surface area contributed by atoms with Crippen LogP contribution in [-0.2, 0) is 10.0 Å². The highest BCUT2D eigenvalue weighted by Crippen LogP contribution is 2.33. The molecule has 2 rings (SSSR count). The Kier molecular flexibility index (Phi) is 6.12. The van der Waals surface area contributed by atoms with Crippen LogP contribution in [0.1, 0.15) is 37.7 Å². The van der Waals surface area contributed by atoms with Crippen LogP contribution in [0.3, 0.4) is 0 Å².